The van der Waals surface area contributed by atoms with Gasteiger partial charge in [-0.2, -0.15) is 0 Å². The largest absolute Gasteiger partial charge is 0.361 e. The molecular formula is C17H15Cl2FN2. The van der Waals surface area contributed by atoms with Crippen molar-refractivity contribution in [1.29, 1.82) is 0 Å². The Morgan fingerprint density at radius 2 is 1.86 bits per heavy atom. The number of H-pyrrole nitrogens is 1. The zero-order chi connectivity index (χ0) is 15.7. The quantitative estimate of drug-likeness (QED) is 0.699. The van der Waals surface area contributed by atoms with E-state index in [1.807, 2.05) is 24.4 Å². The Morgan fingerprint density at radius 1 is 1.14 bits per heavy atom. The van der Waals surface area contributed by atoms with Crippen LogP contribution >= 0.6 is 23.2 Å². The predicted molar refractivity (Wildman–Crippen MR) is 90.2 cm³/mol. The highest BCUT2D eigenvalue weighted by Crippen LogP contribution is 2.33. The van der Waals surface area contributed by atoms with Crippen molar-refractivity contribution < 1.29 is 4.39 Å². The molecule has 0 fully saturated rings. The molecule has 3 rings (SSSR count). The lowest BCUT2D eigenvalue weighted by molar-refractivity contribution is 0.629. The minimum absolute atomic E-state index is 0.00736. The summed E-state index contributed by atoms with van der Waals surface area (Å²) in [6.45, 7) is 0.422. The Labute approximate surface area is 138 Å². The molecule has 3 N–H and O–H groups in total. The lowest BCUT2D eigenvalue weighted by Crippen LogP contribution is -2.15. The van der Waals surface area contributed by atoms with Crippen LogP contribution in [-0.4, -0.2) is 11.5 Å². The van der Waals surface area contributed by atoms with Crippen molar-refractivity contribution in [2.75, 3.05) is 6.54 Å². The van der Waals surface area contributed by atoms with Crippen LogP contribution in [0.15, 0.2) is 42.6 Å². The minimum Gasteiger partial charge on any atom is -0.361 e. The van der Waals surface area contributed by atoms with Gasteiger partial charge in [0.15, 0.2) is 0 Å². The maximum atomic E-state index is 13.5. The van der Waals surface area contributed by atoms with E-state index < -0.39 is 0 Å². The van der Waals surface area contributed by atoms with Crippen LogP contribution in [-0.2, 0) is 6.42 Å². The first kappa shape index (κ1) is 15.3. The third-order valence-electron chi connectivity index (χ3n) is 3.91. The lowest BCUT2D eigenvalue weighted by atomic mass is 9.91. The van der Waals surface area contributed by atoms with Crippen molar-refractivity contribution >= 4 is 34.1 Å². The lowest BCUT2D eigenvalue weighted by Gasteiger charge is -2.16. The first-order valence-corrected chi connectivity index (χ1v) is 7.75. The molecule has 3 aromatic rings. The number of rotatable bonds is 4. The van der Waals surface area contributed by atoms with Crippen LogP contribution in [0.2, 0.25) is 10.0 Å². The van der Waals surface area contributed by atoms with Crippen molar-refractivity contribution in [3.63, 3.8) is 0 Å². The van der Waals surface area contributed by atoms with Gasteiger partial charge in [-0.05, 0) is 54.4 Å². The second-order valence-corrected chi connectivity index (χ2v) is 6.09. The van der Waals surface area contributed by atoms with Gasteiger partial charge in [-0.25, -0.2) is 4.39 Å². The number of aromatic amines is 1. The van der Waals surface area contributed by atoms with Gasteiger partial charge < -0.3 is 10.7 Å². The Hall–Kier alpha value is -1.55. The zero-order valence-electron chi connectivity index (χ0n) is 11.7. The van der Waals surface area contributed by atoms with Crippen molar-refractivity contribution in [2.45, 2.75) is 12.3 Å². The maximum absolute atomic E-state index is 13.5. The van der Waals surface area contributed by atoms with E-state index in [4.69, 9.17) is 28.9 Å². The molecule has 0 amide bonds. The molecule has 0 spiro atoms. The Balaban J connectivity index is 2.01. The molecule has 1 unspecified atom stereocenters. The Morgan fingerprint density at radius 3 is 2.55 bits per heavy atom. The molecule has 0 aliphatic carbocycles. The monoisotopic (exact) mass is 336 g/mol. The molecule has 2 aromatic carbocycles. The second-order valence-electron chi connectivity index (χ2n) is 5.27. The summed E-state index contributed by atoms with van der Waals surface area (Å²) in [5.41, 5.74) is 8.68. The summed E-state index contributed by atoms with van der Waals surface area (Å²) in [5, 5.41) is 2.09. The highest BCUT2D eigenvalue weighted by molar-refractivity contribution is 6.36. The summed E-state index contributed by atoms with van der Waals surface area (Å²) in [4.78, 5) is 3.16. The van der Waals surface area contributed by atoms with Crippen molar-refractivity contribution in [3.8, 4) is 0 Å². The van der Waals surface area contributed by atoms with Crippen LogP contribution < -0.4 is 5.73 Å². The van der Waals surface area contributed by atoms with Crippen LogP contribution in [0.3, 0.4) is 0 Å². The average molecular weight is 337 g/mol. The average Bonchev–Trinajstić information content (AvgIpc) is 2.90. The van der Waals surface area contributed by atoms with E-state index in [1.54, 1.807) is 6.07 Å². The van der Waals surface area contributed by atoms with Crippen LogP contribution in [0.4, 0.5) is 4.39 Å². The van der Waals surface area contributed by atoms with Crippen LogP contribution in [0.1, 0.15) is 17.0 Å². The summed E-state index contributed by atoms with van der Waals surface area (Å²) in [6.07, 6.45) is 2.49. The summed E-state index contributed by atoms with van der Waals surface area (Å²) in [5.74, 6) is -0.257. The Kier molecular flexibility index (Phi) is 4.39. The molecule has 2 nitrogen and oxygen atoms in total. The molecule has 0 radical (unpaired) electrons. The van der Waals surface area contributed by atoms with E-state index in [9.17, 15) is 4.39 Å². The van der Waals surface area contributed by atoms with Gasteiger partial charge in [-0.15, -0.1) is 0 Å². The molecule has 1 aromatic heterocycles. The first-order chi connectivity index (χ1) is 10.6. The summed E-state index contributed by atoms with van der Waals surface area (Å²) in [7, 11) is 0. The van der Waals surface area contributed by atoms with E-state index in [0.717, 1.165) is 22.0 Å². The van der Waals surface area contributed by atoms with Gasteiger partial charge in [0.2, 0.25) is 0 Å². The summed E-state index contributed by atoms with van der Waals surface area (Å²) in [6, 6.07) is 10.1. The van der Waals surface area contributed by atoms with E-state index in [1.165, 1.54) is 12.1 Å². The standard InChI is InChI=1S/C17H15Cl2FN2/c18-15-2-1-3-16(19)13(15)6-10(8-21)14-9-22-17-5-4-11(20)7-12(14)17/h1-5,7,9-10,22H,6,8,21H2. The minimum atomic E-state index is -0.264. The van der Waals surface area contributed by atoms with Gasteiger partial charge in [0, 0.05) is 33.1 Å². The Bertz CT molecular complexity index is 793. The highest BCUT2D eigenvalue weighted by Gasteiger charge is 2.18. The van der Waals surface area contributed by atoms with Gasteiger partial charge >= 0.3 is 0 Å². The number of hydrogen-bond donors (Lipinski definition) is 2. The van der Waals surface area contributed by atoms with Gasteiger partial charge in [0.1, 0.15) is 5.82 Å². The van der Waals surface area contributed by atoms with E-state index in [0.29, 0.717) is 23.0 Å². The molecule has 22 heavy (non-hydrogen) atoms. The van der Waals surface area contributed by atoms with Gasteiger partial charge in [0.05, 0.1) is 0 Å². The third kappa shape index (κ3) is 2.84. The fourth-order valence-corrected chi connectivity index (χ4v) is 3.30. The van der Waals surface area contributed by atoms with E-state index in [2.05, 4.69) is 4.98 Å². The maximum Gasteiger partial charge on any atom is 0.123 e. The number of benzene rings is 2. The third-order valence-corrected chi connectivity index (χ3v) is 4.62. The number of nitrogens with two attached hydrogens (primary N) is 1. The summed E-state index contributed by atoms with van der Waals surface area (Å²) >= 11 is 12.5. The highest BCUT2D eigenvalue weighted by atomic mass is 35.5. The number of halogens is 3. The molecular weight excluding hydrogens is 322 g/mol. The topological polar surface area (TPSA) is 41.8 Å². The molecule has 1 heterocycles. The smallest absolute Gasteiger partial charge is 0.123 e. The van der Waals surface area contributed by atoms with E-state index in [-0.39, 0.29) is 11.7 Å². The molecule has 1 atom stereocenters. The second kappa shape index (κ2) is 6.29. The molecule has 0 aliphatic rings. The molecule has 0 saturated heterocycles. The van der Waals surface area contributed by atoms with Crippen molar-refractivity contribution in [2.24, 2.45) is 5.73 Å². The fourth-order valence-electron chi connectivity index (χ4n) is 2.75. The molecule has 0 saturated carbocycles. The fraction of sp³-hybridized carbons (Fsp3) is 0.176. The van der Waals surface area contributed by atoms with Gasteiger partial charge in [0.25, 0.3) is 0 Å². The number of fused-ring (bicyclic) bond motifs is 1. The van der Waals surface area contributed by atoms with Crippen LogP contribution in [0.5, 0.6) is 0 Å². The molecule has 0 aliphatic heterocycles. The number of aromatic nitrogens is 1. The molecule has 114 valence electrons. The first-order valence-electron chi connectivity index (χ1n) is 6.99. The number of hydrogen-bond acceptors (Lipinski definition) is 1. The van der Waals surface area contributed by atoms with Crippen LogP contribution in [0, 0.1) is 5.82 Å². The van der Waals surface area contributed by atoms with Crippen molar-refractivity contribution in [1.82, 2.24) is 4.98 Å². The zero-order valence-corrected chi connectivity index (χ0v) is 13.3. The van der Waals surface area contributed by atoms with Crippen LogP contribution in [0.25, 0.3) is 10.9 Å². The number of nitrogens with one attached hydrogen (secondary N) is 1. The van der Waals surface area contributed by atoms with Gasteiger partial charge in [-0.1, -0.05) is 29.3 Å². The predicted octanol–water partition coefficient (Wildman–Crippen LogP) is 4.90. The molecule has 0 bridgehead atoms. The molecule has 5 heteroatoms. The van der Waals surface area contributed by atoms with E-state index >= 15 is 0 Å². The van der Waals surface area contributed by atoms with Crippen molar-refractivity contribution in [3.05, 3.63) is 69.6 Å². The normalized spacial score (nSPS) is 12.7. The SMILES string of the molecule is NCC(Cc1c(Cl)cccc1Cl)c1c[nH]c2ccc(F)cc12. The van der Waals surface area contributed by atoms with Gasteiger partial charge in [-0.3, -0.25) is 0 Å². The summed E-state index contributed by atoms with van der Waals surface area (Å²) < 4.78 is 13.5.